The molecular formula is C25H22Cl2F4N2O3. The normalized spacial score (nSPS) is 24.3. The van der Waals surface area contributed by atoms with Crippen molar-refractivity contribution in [2.75, 3.05) is 0 Å². The number of rotatable bonds is 4. The van der Waals surface area contributed by atoms with Gasteiger partial charge >= 0.3 is 18.1 Å². The van der Waals surface area contributed by atoms with Crippen LogP contribution < -0.4 is 5.32 Å². The van der Waals surface area contributed by atoms with Gasteiger partial charge in [-0.3, -0.25) is 5.32 Å². The molecule has 5 nitrogen and oxygen atoms in total. The van der Waals surface area contributed by atoms with Crippen molar-refractivity contribution < 1.29 is 31.9 Å². The minimum atomic E-state index is -5.43. The molecule has 1 aliphatic heterocycles. The van der Waals surface area contributed by atoms with E-state index in [1.807, 2.05) is 20.8 Å². The van der Waals surface area contributed by atoms with E-state index in [0.717, 1.165) is 0 Å². The van der Waals surface area contributed by atoms with Crippen LogP contribution in [0, 0.1) is 22.6 Å². The van der Waals surface area contributed by atoms with Crippen molar-refractivity contribution in [3.8, 4) is 6.07 Å². The summed E-state index contributed by atoms with van der Waals surface area (Å²) < 4.78 is 58.1. The third-order valence-corrected chi connectivity index (χ3v) is 6.62. The number of benzene rings is 2. The van der Waals surface area contributed by atoms with Gasteiger partial charge in [0.25, 0.3) is 0 Å². The minimum absolute atomic E-state index is 0.190. The standard InChI is InChI=1S/C25H22Cl2F4N2O3/c1-23(2,3)11-17-24(12-32,13-7-9-14(26)10-8-13)18(15-5-4-6-16(27)19(15)28)20(33-17)21(34)36-22(35)25(29,30)31/h4-10,17-18,20,33H,11H2,1-3H3/t17-,18-,20+,24-/m0/s1. The maximum absolute atomic E-state index is 15.4. The predicted octanol–water partition coefficient (Wildman–Crippen LogP) is 6.09. The summed E-state index contributed by atoms with van der Waals surface area (Å²) in [5.41, 5.74) is -1.97. The second-order valence-electron chi connectivity index (χ2n) is 9.78. The van der Waals surface area contributed by atoms with Crippen LogP contribution in [0.2, 0.25) is 10.0 Å². The van der Waals surface area contributed by atoms with Gasteiger partial charge in [0.1, 0.15) is 17.3 Å². The van der Waals surface area contributed by atoms with Crippen LogP contribution in [0.1, 0.15) is 44.2 Å². The minimum Gasteiger partial charge on any atom is -0.385 e. The molecule has 11 heteroatoms. The Kier molecular flexibility index (Phi) is 7.75. The average molecular weight is 545 g/mol. The van der Waals surface area contributed by atoms with E-state index < -0.39 is 52.8 Å². The van der Waals surface area contributed by atoms with Crippen LogP contribution in [0.25, 0.3) is 0 Å². The molecule has 3 rings (SSSR count). The maximum Gasteiger partial charge on any atom is 0.491 e. The molecule has 1 aliphatic rings. The van der Waals surface area contributed by atoms with Crippen LogP contribution in [0.3, 0.4) is 0 Å². The summed E-state index contributed by atoms with van der Waals surface area (Å²) in [4.78, 5) is 24.5. The molecule has 0 radical (unpaired) electrons. The Hall–Kier alpha value is -2.67. The van der Waals surface area contributed by atoms with Crippen LogP contribution in [0.4, 0.5) is 17.6 Å². The molecule has 1 saturated heterocycles. The Balaban J connectivity index is 2.29. The summed E-state index contributed by atoms with van der Waals surface area (Å²) in [5, 5.41) is 13.6. The molecule has 1 heterocycles. The van der Waals surface area contributed by atoms with Crippen LogP contribution in [-0.2, 0) is 19.7 Å². The summed E-state index contributed by atoms with van der Waals surface area (Å²) >= 11 is 12.0. The first-order valence-corrected chi connectivity index (χ1v) is 11.6. The molecule has 36 heavy (non-hydrogen) atoms. The summed E-state index contributed by atoms with van der Waals surface area (Å²) in [7, 11) is 0. The zero-order valence-corrected chi connectivity index (χ0v) is 20.9. The van der Waals surface area contributed by atoms with Crippen LogP contribution in [-0.4, -0.2) is 30.2 Å². The van der Waals surface area contributed by atoms with E-state index in [4.69, 9.17) is 23.2 Å². The van der Waals surface area contributed by atoms with Gasteiger partial charge in [-0.25, -0.2) is 14.0 Å². The lowest BCUT2D eigenvalue weighted by Gasteiger charge is -2.37. The number of halogens is 6. The molecule has 1 fully saturated rings. The monoisotopic (exact) mass is 544 g/mol. The Morgan fingerprint density at radius 2 is 1.72 bits per heavy atom. The molecule has 0 aliphatic carbocycles. The largest absolute Gasteiger partial charge is 0.491 e. The van der Waals surface area contributed by atoms with Crippen molar-refractivity contribution in [3.63, 3.8) is 0 Å². The maximum atomic E-state index is 15.4. The third kappa shape index (κ3) is 5.36. The number of nitriles is 1. The molecule has 2 aromatic carbocycles. The molecule has 0 aromatic heterocycles. The van der Waals surface area contributed by atoms with Gasteiger partial charge in [-0.05, 0) is 41.2 Å². The number of hydrogen-bond acceptors (Lipinski definition) is 5. The lowest BCUT2D eigenvalue weighted by molar-refractivity contribution is -0.202. The van der Waals surface area contributed by atoms with Crippen molar-refractivity contribution in [3.05, 3.63) is 69.5 Å². The summed E-state index contributed by atoms with van der Waals surface area (Å²) in [6.45, 7) is 5.60. The Morgan fingerprint density at radius 1 is 1.11 bits per heavy atom. The molecule has 0 bridgehead atoms. The van der Waals surface area contributed by atoms with E-state index in [2.05, 4.69) is 16.1 Å². The van der Waals surface area contributed by atoms with Crippen LogP contribution in [0.15, 0.2) is 42.5 Å². The van der Waals surface area contributed by atoms with Gasteiger partial charge in [-0.1, -0.05) is 68.2 Å². The molecule has 192 valence electrons. The van der Waals surface area contributed by atoms with Gasteiger partial charge in [0.05, 0.1) is 11.1 Å². The van der Waals surface area contributed by atoms with Crippen molar-refractivity contribution in [1.29, 1.82) is 5.26 Å². The summed E-state index contributed by atoms with van der Waals surface area (Å²) in [6.07, 6.45) is -5.18. The molecule has 0 amide bonds. The fourth-order valence-electron chi connectivity index (χ4n) is 4.68. The molecule has 1 N–H and O–H groups in total. The van der Waals surface area contributed by atoms with Crippen LogP contribution >= 0.6 is 23.2 Å². The Labute approximate surface area is 215 Å². The zero-order valence-electron chi connectivity index (χ0n) is 19.4. The van der Waals surface area contributed by atoms with E-state index >= 15 is 4.39 Å². The number of carbonyl (C=O) groups is 2. The highest BCUT2D eigenvalue weighted by molar-refractivity contribution is 6.31. The number of alkyl halides is 3. The van der Waals surface area contributed by atoms with Gasteiger partial charge in [-0.2, -0.15) is 18.4 Å². The van der Waals surface area contributed by atoms with E-state index in [1.54, 1.807) is 0 Å². The highest BCUT2D eigenvalue weighted by Crippen LogP contribution is 2.52. The van der Waals surface area contributed by atoms with Gasteiger partial charge in [0.15, 0.2) is 0 Å². The number of nitrogens with zero attached hydrogens (tertiary/aromatic N) is 1. The first kappa shape index (κ1) is 27.9. The average Bonchev–Trinajstić information content (AvgIpc) is 3.08. The predicted molar refractivity (Wildman–Crippen MR) is 125 cm³/mol. The smallest absolute Gasteiger partial charge is 0.385 e. The quantitative estimate of drug-likeness (QED) is 0.286. The fraction of sp³-hybridized carbons (Fsp3) is 0.400. The van der Waals surface area contributed by atoms with Crippen molar-refractivity contribution >= 4 is 35.1 Å². The second-order valence-corrected chi connectivity index (χ2v) is 10.6. The highest BCUT2D eigenvalue weighted by Gasteiger charge is 2.61. The van der Waals surface area contributed by atoms with E-state index in [1.165, 1.54) is 42.5 Å². The summed E-state index contributed by atoms with van der Waals surface area (Å²) in [5.74, 6) is -6.67. The molecular weight excluding hydrogens is 523 g/mol. The third-order valence-electron chi connectivity index (χ3n) is 6.07. The molecule has 0 unspecified atom stereocenters. The van der Waals surface area contributed by atoms with E-state index in [9.17, 15) is 28.0 Å². The molecule has 2 aromatic rings. The van der Waals surface area contributed by atoms with Crippen LogP contribution in [0.5, 0.6) is 0 Å². The number of esters is 2. The number of ether oxygens (including phenoxy) is 1. The SMILES string of the molecule is CC(C)(C)C[C@@H]1N[C@@H](C(=O)OC(=O)C(F)(F)F)[C@H](c2cccc(Cl)c2F)[C@@]1(C#N)c1ccc(Cl)cc1. The first-order valence-electron chi connectivity index (χ1n) is 10.8. The lowest BCUT2D eigenvalue weighted by Crippen LogP contribution is -2.44. The molecule has 0 saturated carbocycles. The van der Waals surface area contributed by atoms with Gasteiger partial charge in [-0.15, -0.1) is 0 Å². The van der Waals surface area contributed by atoms with Gasteiger partial charge < -0.3 is 4.74 Å². The first-order chi connectivity index (χ1) is 16.6. The van der Waals surface area contributed by atoms with E-state index in [0.29, 0.717) is 10.6 Å². The van der Waals surface area contributed by atoms with Crippen molar-refractivity contribution in [2.45, 2.75) is 56.8 Å². The highest BCUT2D eigenvalue weighted by atomic mass is 35.5. The second kappa shape index (κ2) is 10.0. The van der Waals surface area contributed by atoms with E-state index in [-0.39, 0.29) is 17.0 Å². The fourth-order valence-corrected chi connectivity index (χ4v) is 4.98. The zero-order chi connectivity index (χ0) is 27.1. The lowest BCUT2D eigenvalue weighted by atomic mass is 9.63. The molecule has 4 atom stereocenters. The number of carbonyl (C=O) groups excluding carboxylic acids is 2. The van der Waals surface area contributed by atoms with Gasteiger partial charge in [0.2, 0.25) is 0 Å². The topological polar surface area (TPSA) is 79.2 Å². The summed E-state index contributed by atoms with van der Waals surface area (Å²) in [6, 6.07) is 9.69. The van der Waals surface area contributed by atoms with Crippen molar-refractivity contribution in [1.82, 2.24) is 5.32 Å². The Morgan fingerprint density at radius 3 is 2.25 bits per heavy atom. The number of nitrogens with one attached hydrogen (secondary N) is 1. The van der Waals surface area contributed by atoms with Gasteiger partial charge in [0, 0.05) is 17.0 Å². The van der Waals surface area contributed by atoms with Crippen molar-refractivity contribution in [2.24, 2.45) is 5.41 Å². The number of hydrogen-bond donors (Lipinski definition) is 1. The molecule has 0 spiro atoms. The Bertz CT molecular complexity index is 1210.